The molecule has 0 aromatic heterocycles. The van der Waals surface area contributed by atoms with Crippen LogP contribution in [0.1, 0.15) is 28.9 Å². The molecule has 2 rings (SSSR count). The van der Waals surface area contributed by atoms with Crippen molar-refractivity contribution in [3.05, 3.63) is 85.7 Å². The van der Waals surface area contributed by atoms with Gasteiger partial charge < -0.3 is 4.74 Å². The van der Waals surface area contributed by atoms with E-state index in [1.54, 1.807) is 6.07 Å². The molecule has 24 heavy (non-hydrogen) atoms. The number of hydrogen-bond donors (Lipinski definition) is 0. The quantitative estimate of drug-likeness (QED) is 0.473. The van der Waals surface area contributed by atoms with Crippen LogP contribution in [0.25, 0.3) is 0 Å². The third kappa shape index (κ3) is 9.63. The molecular weight excluding hydrogens is 348 g/mol. The van der Waals surface area contributed by atoms with Crippen LogP contribution >= 0.6 is 0 Å². The number of benzene rings is 2. The summed E-state index contributed by atoms with van der Waals surface area (Å²) in [5.74, 6) is 0.624. The number of para-hydroxylation sites is 1. The SMILES string of the molecule is C[C@H](Oc1ccccc1C=O)c1ccccc1.[C-]#[O+].[C-]#[O+].[C-]#[O+].[Cr]. The van der Waals surface area contributed by atoms with Crippen LogP contribution in [-0.2, 0) is 31.3 Å². The van der Waals surface area contributed by atoms with E-state index in [4.69, 9.17) is 18.7 Å². The predicted molar refractivity (Wildman–Crippen MR) is 79.1 cm³/mol. The van der Waals surface area contributed by atoms with E-state index in [0.717, 1.165) is 11.8 Å². The van der Waals surface area contributed by atoms with Gasteiger partial charge in [-0.15, -0.1) is 0 Å². The molecule has 0 aliphatic heterocycles. The normalized spacial score (nSPS) is 8.62. The van der Waals surface area contributed by atoms with Crippen LogP contribution in [0.5, 0.6) is 5.75 Å². The van der Waals surface area contributed by atoms with E-state index >= 15 is 0 Å². The van der Waals surface area contributed by atoms with Crippen LogP contribution in [0, 0.1) is 20.0 Å². The molecule has 2 aromatic carbocycles. The first-order chi connectivity index (χ1) is 11.3. The summed E-state index contributed by atoms with van der Waals surface area (Å²) >= 11 is 0. The van der Waals surface area contributed by atoms with Crippen LogP contribution < -0.4 is 4.74 Å². The van der Waals surface area contributed by atoms with Gasteiger partial charge in [-0.2, -0.15) is 0 Å². The zero-order valence-corrected chi connectivity index (χ0v) is 14.1. The molecule has 0 heterocycles. The Bertz CT molecular complexity index is 606. The molecule has 0 saturated heterocycles. The molecule has 0 bridgehead atoms. The zero-order chi connectivity index (χ0) is 18.1. The average Bonchev–Trinajstić information content (AvgIpc) is 2.67. The van der Waals surface area contributed by atoms with Gasteiger partial charge in [0.25, 0.3) is 0 Å². The summed E-state index contributed by atoms with van der Waals surface area (Å²) < 4.78 is 28.3. The molecule has 2 aromatic rings. The number of hydrogen-bond acceptors (Lipinski definition) is 2. The van der Waals surface area contributed by atoms with Gasteiger partial charge in [0.1, 0.15) is 11.9 Å². The fourth-order valence-corrected chi connectivity index (χ4v) is 1.67. The van der Waals surface area contributed by atoms with Gasteiger partial charge in [0.2, 0.25) is 0 Å². The Morgan fingerprint density at radius 3 is 1.83 bits per heavy atom. The van der Waals surface area contributed by atoms with Crippen molar-refractivity contribution in [1.82, 2.24) is 0 Å². The Morgan fingerprint density at radius 1 is 0.875 bits per heavy atom. The van der Waals surface area contributed by atoms with E-state index < -0.39 is 0 Å². The van der Waals surface area contributed by atoms with Crippen LogP contribution in [0.4, 0.5) is 0 Å². The van der Waals surface area contributed by atoms with Crippen molar-refractivity contribution in [2.45, 2.75) is 13.0 Å². The second-order valence-corrected chi connectivity index (χ2v) is 3.83. The summed E-state index contributed by atoms with van der Waals surface area (Å²) in [7, 11) is 0. The summed E-state index contributed by atoms with van der Waals surface area (Å²) in [6, 6.07) is 17.2. The molecule has 1 atom stereocenters. The third-order valence-corrected chi connectivity index (χ3v) is 2.62. The predicted octanol–water partition coefficient (Wildman–Crippen LogP) is 3.52. The Labute approximate surface area is 151 Å². The summed E-state index contributed by atoms with van der Waals surface area (Å²) in [4.78, 5) is 10.9. The van der Waals surface area contributed by atoms with Crippen molar-refractivity contribution in [2.24, 2.45) is 0 Å². The Hall–Kier alpha value is -2.34. The van der Waals surface area contributed by atoms with Gasteiger partial charge in [-0.3, -0.25) is 4.79 Å². The minimum atomic E-state index is -0.0719. The summed E-state index contributed by atoms with van der Waals surface area (Å²) in [6.07, 6.45) is 0.741. The minimum Gasteiger partial charge on any atom is 0 e. The maximum absolute atomic E-state index is 10.9. The van der Waals surface area contributed by atoms with Gasteiger partial charge in [-0.05, 0) is 24.6 Å². The van der Waals surface area contributed by atoms with Crippen LogP contribution in [0.3, 0.4) is 0 Å². The molecule has 6 heteroatoms. The third-order valence-electron chi connectivity index (χ3n) is 2.62. The Kier molecular flexibility index (Phi) is 20.7. The van der Waals surface area contributed by atoms with Crippen molar-refractivity contribution in [3.63, 3.8) is 0 Å². The van der Waals surface area contributed by atoms with E-state index in [0.29, 0.717) is 11.3 Å². The topological polar surface area (TPSA) is 86.0 Å². The molecule has 0 saturated carbocycles. The molecule has 0 spiro atoms. The van der Waals surface area contributed by atoms with Crippen molar-refractivity contribution >= 4 is 6.29 Å². The zero-order valence-electron chi connectivity index (χ0n) is 12.8. The second kappa shape index (κ2) is 18.7. The van der Waals surface area contributed by atoms with Crippen molar-refractivity contribution in [2.75, 3.05) is 0 Å². The van der Waals surface area contributed by atoms with Crippen molar-refractivity contribution in [3.8, 4) is 5.75 Å². The van der Waals surface area contributed by atoms with E-state index in [1.807, 2.05) is 55.5 Å². The van der Waals surface area contributed by atoms with E-state index in [9.17, 15) is 4.79 Å². The number of aldehydes is 1. The Balaban J connectivity index is -0.000000569. The first-order valence-corrected chi connectivity index (χ1v) is 6.18. The molecule has 5 nitrogen and oxygen atoms in total. The van der Waals surface area contributed by atoms with Gasteiger partial charge >= 0.3 is 33.9 Å². The van der Waals surface area contributed by atoms with Crippen molar-refractivity contribution < 1.29 is 40.8 Å². The largest absolute Gasteiger partial charge is 0 e. The van der Waals surface area contributed by atoms with E-state index in [-0.39, 0.29) is 23.5 Å². The van der Waals surface area contributed by atoms with Crippen molar-refractivity contribution in [1.29, 1.82) is 0 Å². The number of rotatable bonds is 4. The van der Waals surface area contributed by atoms with E-state index in [2.05, 4.69) is 20.0 Å². The molecule has 0 aliphatic carbocycles. The summed E-state index contributed by atoms with van der Waals surface area (Å²) in [5.41, 5.74) is 1.67. The number of carbonyl (C=O) groups excluding carboxylic acids is 1. The van der Waals surface area contributed by atoms with Gasteiger partial charge in [0, 0.05) is 17.4 Å². The smallest absolute Gasteiger partial charge is 0 e. The molecule has 0 N–H and O–H groups in total. The summed E-state index contributed by atoms with van der Waals surface area (Å²) in [6.45, 7) is 15.5. The maximum atomic E-state index is 10.9. The maximum Gasteiger partial charge on any atom is 0 e. The molecule has 122 valence electrons. The molecule has 0 radical (unpaired) electrons. The van der Waals surface area contributed by atoms with Gasteiger partial charge in [0.15, 0.2) is 6.29 Å². The number of ether oxygens (including phenoxy) is 1. The fraction of sp³-hybridized carbons (Fsp3) is 0.111. The first-order valence-electron chi connectivity index (χ1n) is 6.18. The fourth-order valence-electron chi connectivity index (χ4n) is 1.67. The number of carbonyl (C=O) groups is 1. The summed E-state index contributed by atoms with van der Waals surface area (Å²) in [5, 5.41) is 0. The van der Waals surface area contributed by atoms with Crippen LogP contribution in [0.2, 0.25) is 0 Å². The molecular formula is C18H14CrO5. The molecule has 0 aliphatic rings. The standard InChI is InChI=1S/C15H14O2.3CO.Cr/c1-12(13-7-3-2-4-8-13)17-15-10-6-5-9-14(15)11-16;3*1-2;/h2-12H,1H3;;;;/t12-;;;;/m0..../s1. The first kappa shape index (κ1) is 26.6. The van der Waals surface area contributed by atoms with Crippen LogP contribution in [0.15, 0.2) is 54.6 Å². The average molecular weight is 362 g/mol. The van der Waals surface area contributed by atoms with E-state index in [1.165, 1.54) is 0 Å². The molecule has 0 unspecified atom stereocenters. The van der Waals surface area contributed by atoms with Crippen LogP contribution in [-0.4, -0.2) is 6.29 Å². The Morgan fingerprint density at radius 2 is 1.33 bits per heavy atom. The monoisotopic (exact) mass is 362 g/mol. The molecule has 0 fully saturated rings. The minimum absolute atomic E-state index is 0. The van der Waals surface area contributed by atoms with Gasteiger partial charge in [-0.1, -0.05) is 42.5 Å². The second-order valence-electron chi connectivity index (χ2n) is 3.83. The molecule has 0 amide bonds. The van der Waals surface area contributed by atoms with Gasteiger partial charge in [-0.25, -0.2) is 0 Å². The van der Waals surface area contributed by atoms with Gasteiger partial charge in [0.05, 0.1) is 5.56 Å².